The van der Waals surface area contributed by atoms with E-state index in [1.807, 2.05) is 6.07 Å². The number of nitrogens with two attached hydrogens (primary N) is 1. The molecule has 1 saturated heterocycles. The maximum Gasteiger partial charge on any atom is 0.237 e. The Kier molecular flexibility index (Phi) is 4.35. The van der Waals surface area contributed by atoms with E-state index in [0.29, 0.717) is 0 Å². The molecule has 0 aromatic heterocycles. The molecule has 2 N–H and O–H groups in total. The van der Waals surface area contributed by atoms with Crippen molar-refractivity contribution in [2.75, 3.05) is 6.54 Å². The Morgan fingerprint density at radius 2 is 1.95 bits per heavy atom. The first-order chi connectivity index (χ1) is 9.33. The highest BCUT2D eigenvalue weighted by Gasteiger charge is 2.48. The van der Waals surface area contributed by atoms with Crippen LogP contribution in [0.4, 0.5) is 0 Å². The zero-order valence-corrected chi connectivity index (χ0v) is 13.9. The lowest BCUT2D eigenvalue weighted by molar-refractivity contribution is -0.127. The number of amides is 1. The molecule has 2 rings (SSSR count). The van der Waals surface area contributed by atoms with Crippen molar-refractivity contribution in [2.45, 2.75) is 50.6 Å². The highest BCUT2D eigenvalue weighted by atomic mass is 28.3. The van der Waals surface area contributed by atoms with E-state index in [-0.39, 0.29) is 5.91 Å². The van der Waals surface area contributed by atoms with E-state index in [0.717, 1.165) is 32.0 Å². The van der Waals surface area contributed by atoms with Crippen LogP contribution in [-0.2, 0) is 11.3 Å². The summed E-state index contributed by atoms with van der Waals surface area (Å²) in [6, 6.07) is 11.3. The molecule has 0 saturated carbocycles. The Balaban J connectivity index is 2.24. The van der Waals surface area contributed by atoms with Gasteiger partial charge in [-0.25, -0.2) is 0 Å². The summed E-state index contributed by atoms with van der Waals surface area (Å²) < 4.78 is 0. The molecule has 1 aromatic rings. The van der Waals surface area contributed by atoms with Crippen molar-refractivity contribution >= 4 is 14.0 Å². The van der Waals surface area contributed by atoms with Crippen LogP contribution in [0.2, 0.25) is 25.7 Å². The van der Waals surface area contributed by atoms with E-state index in [4.69, 9.17) is 5.73 Å². The zero-order valence-electron chi connectivity index (χ0n) is 12.9. The van der Waals surface area contributed by atoms with Crippen LogP contribution in [0.1, 0.15) is 18.4 Å². The predicted octanol–water partition coefficient (Wildman–Crippen LogP) is 2.84. The van der Waals surface area contributed by atoms with Crippen LogP contribution in [0, 0.1) is 0 Å². The Labute approximate surface area is 123 Å². The standard InChI is InChI=1S/C16H26N2OSi/c1-20(2,3)13-16(15(17)19)10-7-11-18(16)12-14-8-5-4-6-9-14/h4-6,8-9H,7,10-13H2,1-3H3,(H2,17,19)/t16-/m0/s1. The van der Waals surface area contributed by atoms with Gasteiger partial charge >= 0.3 is 0 Å². The molecule has 0 aliphatic carbocycles. The molecule has 1 aromatic carbocycles. The van der Waals surface area contributed by atoms with Crippen LogP contribution in [0.15, 0.2) is 30.3 Å². The molecule has 1 atom stereocenters. The Morgan fingerprint density at radius 3 is 2.50 bits per heavy atom. The van der Waals surface area contributed by atoms with Crippen molar-refractivity contribution in [1.82, 2.24) is 4.90 Å². The summed E-state index contributed by atoms with van der Waals surface area (Å²) >= 11 is 0. The van der Waals surface area contributed by atoms with Crippen LogP contribution < -0.4 is 5.73 Å². The molecule has 0 radical (unpaired) electrons. The van der Waals surface area contributed by atoms with E-state index < -0.39 is 13.6 Å². The van der Waals surface area contributed by atoms with Crippen LogP contribution in [-0.4, -0.2) is 31.0 Å². The van der Waals surface area contributed by atoms with Gasteiger partial charge in [0.1, 0.15) is 0 Å². The van der Waals surface area contributed by atoms with Crippen molar-refractivity contribution in [1.29, 1.82) is 0 Å². The second-order valence-electron chi connectivity index (χ2n) is 7.14. The lowest BCUT2D eigenvalue weighted by Gasteiger charge is -2.39. The molecule has 1 aliphatic heterocycles. The van der Waals surface area contributed by atoms with Crippen molar-refractivity contribution < 1.29 is 4.79 Å². The quantitative estimate of drug-likeness (QED) is 0.848. The SMILES string of the molecule is C[Si](C)(C)C[C@]1(C(N)=O)CCCN1Cc1ccccc1. The number of hydrogen-bond acceptors (Lipinski definition) is 2. The minimum atomic E-state index is -1.36. The summed E-state index contributed by atoms with van der Waals surface area (Å²) in [6.45, 7) is 8.75. The molecule has 20 heavy (non-hydrogen) atoms. The highest BCUT2D eigenvalue weighted by molar-refractivity contribution is 6.76. The lowest BCUT2D eigenvalue weighted by Crippen LogP contribution is -2.56. The summed E-state index contributed by atoms with van der Waals surface area (Å²) in [7, 11) is -1.36. The van der Waals surface area contributed by atoms with Crippen LogP contribution >= 0.6 is 0 Å². The van der Waals surface area contributed by atoms with E-state index in [2.05, 4.69) is 48.8 Å². The molecule has 4 heteroatoms. The van der Waals surface area contributed by atoms with Gasteiger partial charge in [0.15, 0.2) is 0 Å². The third-order valence-corrected chi connectivity index (χ3v) is 5.77. The van der Waals surface area contributed by atoms with Gasteiger partial charge in [-0.05, 0) is 31.0 Å². The molecule has 3 nitrogen and oxygen atoms in total. The summed E-state index contributed by atoms with van der Waals surface area (Å²) in [6.07, 6.45) is 1.99. The van der Waals surface area contributed by atoms with Crippen LogP contribution in [0.25, 0.3) is 0 Å². The number of carbonyl (C=O) groups excluding carboxylic acids is 1. The third kappa shape index (κ3) is 3.30. The van der Waals surface area contributed by atoms with Gasteiger partial charge in [0.2, 0.25) is 5.91 Å². The van der Waals surface area contributed by atoms with Crippen molar-refractivity contribution in [2.24, 2.45) is 5.73 Å². The molecule has 1 fully saturated rings. The minimum Gasteiger partial charge on any atom is -0.368 e. The molecule has 1 amide bonds. The number of hydrogen-bond donors (Lipinski definition) is 1. The van der Waals surface area contributed by atoms with E-state index in [9.17, 15) is 4.79 Å². The van der Waals surface area contributed by atoms with E-state index >= 15 is 0 Å². The Hall–Kier alpha value is -1.13. The van der Waals surface area contributed by atoms with Gasteiger partial charge in [0.25, 0.3) is 0 Å². The maximum atomic E-state index is 12.2. The topological polar surface area (TPSA) is 46.3 Å². The number of primary amides is 1. The van der Waals surface area contributed by atoms with Gasteiger partial charge in [-0.15, -0.1) is 0 Å². The summed E-state index contributed by atoms with van der Waals surface area (Å²) in [5.74, 6) is -0.131. The fourth-order valence-corrected chi connectivity index (χ4v) is 5.74. The summed E-state index contributed by atoms with van der Waals surface area (Å²) in [5.41, 5.74) is 6.67. The molecule has 0 unspecified atom stereocenters. The molecule has 1 aliphatic rings. The molecule has 110 valence electrons. The van der Waals surface area contributed by atoms with Crippen molar-refractivity contribution in [3.05, 3.63) is 35.9 Å². The average molecular weight is 290 g/mol. The largest absolute Gasteiger partial charge is 0.368 e. The number of rotatable bonds is 5. The first-order valence-electron chi connectivity index (χ1n) is 7.42. The summed E-state index contributed by atoms with van der Waals surface area (Å²) in [4.78, 5) is 14.5. The lowest BCUT2D eigenvalue weighted by atomic mass is 9.97. The fourth-order valence-electron chi connectivity index (χ4n) is 3.41. The number of nitrogens with zero attached hydrogens (tertiary/aromatic N) is 1. The molecule has 0 spiro atoms. The molecular weight excluding hydrogens is 264 g/mol. The number of likely N-dealkylation sites (tertiary alicyclic amines) is 1. The van der Waals surface area contributed by atoms with E-state index in [1.54, 1.807) is 0 Å². The van der Waals surface area contributed by atoms with Gasteiger partial charge in [0, 0.05) is 14.6 Å². The molecule has 1 heterocycles. The number of carbonyl (C=O) groups is 1. The second-order valence-corrected chi connectivity index (χ2v) is 12.6. The Morgan fingerprint density at radius 1 is 1.30 bits per heavy atom. The second kappa shape index (κ2) is 5.70. The van der Waals surface area contributed by atoms with E-state index in [1.165, 1.54) is 5.56 Å². The fraction of sp³-hybridized carbons (Fsp3) is 0.562. The highest BCUT2D eigenvalue weighted by Crippen LogP contribution is 2.37. The summed E-state index contributed by atoms with van der Waals surface area (Å²) in [5, 5.41) is 0. The maximum absolute atomic E-state index is 12.2. The van der Waals surface area contributed by atoms with Gasteiger partial charge < -0.3 is 5.73 Å². The molecule has 0 bridgehead atoms. The van der Waals surface area contributed by atoms with Crippen LogP contribution in [0.5, 0.6) is 0 Å². The van der Waals surface area contributed by atoms with Gasteiger partial charge in [0.05, 0.1) is 5.54 Å². The van der Waals surface area contributed by atoms with Gasteiger partial charge in [-0.2, -0.15) is 0 Å². The monoisotopic (exact) mass is 290 g/mol. The molecular formula is C16H26N2OSi. The Bertz CT molecular complexity index is 469. The number of benzene rings is 1. The van der Waals surface area contributed by atoms with Crippen LogP contribution in [0.3, 0.4) is 0 Å². The van der Waals surface area contributed by atoms with Crippen molar-refractivity contribution in [3.8, 4) is 0 Å². The van der Waals surface area contributed by atoms with Gasteiger partial charge in [-0.3, -0.25) is 9.69 Å². The first kappa shape index (κ1) is 15.3. The zero-order chi connectivity index (χ0) is 14.8. The predicted molar refractivity (Wildman–Crippen MR) is 86.2 cm³/mol. The average Bonchev–Trinajstić information content (AvgIpc) is 2.72. The minimum absolute atomic E-state index is 0.131. The van der Waals surface area contributed by atoms with Crippen molar-refractivity contribution in [3.63, 3.8) is 0 Å². The normalized spacial score (nSPS) is 23.9. The smallest absolute Gasteiger partial charge is 0.237 e. The first-order valence-corrected chi connectivity index (χ1v) is 11.1. The third-order valence-electron chi connectivity index (χ3n) is 4.12. The van der Waals surface area contributed by atoms with Gasteiger partial charge in [-0.1, -0.05) is 50.0 Å².